The summed E-state index contributed by atoms with van der Waals surface area (Å²) < 4.78 is 17.2. The van der Waals surface area contributed by atoms with E-state index in [-0.39, 0.29) is 17.7 Å². The van der Waals surface area contributed by atoms with E-state index in [0.717, 1.165) is 43.4 Å². The average Bonchev–Trinajstić information content (AvgIpc) is 2.98. The van der Waals surface area contributed by atoms with Crippen molar-refractivity contribution in [3.63, 3.8) is 0 Å². The zero-order chi connectivity index (χ0) is 28.0. The number of carbonyl (C=O) groups excluding carboxylic acids is 2. The molecule has 0 bridgehead atoms. The third kappa shape index (κ3) is 8.63. The molecule has 1 saturated heterocycles. The Hall–Kier alpha value is -3.75. The van der Waals surface area contributed by atoms with Crippen LogP contribution >= 0.6 is 0 Å². The highest BCUT2D eigenvalue weighted by Crippen LogP contribution is 2.30. The second-order valence-electron chi connectivity index (χ2n) is 9.57. The molecule has 2 amide bonds. The molecule has 212 valence electrons. The fraction of sp³-hybridized carbons (Fsp3) is 0.500. The van der Waals surface area contributed by atoms with Crippen LogP contribution in [0.1, 0.15) is 61.9 Å². The van der Waals surface area contributed by atoms with Gasteiger partial charge in [-0.3, -0.25) is 9.59 Å². The van der Waals surface area contributed by atoms with E-state index in [9.17, 15) is 9.59 Å². The molecule has 0 aliphatic carbocycles. The minimum atomic E-state index is -0.144. The lowest BCUT2D eigenvalue weighted by atomic mass is 9.95. The Kier molecular flexibility index (Phi) is 11.9. The highest BCUT2D eigenvalue weighted by Gasteiger charge is 2.31. The zero-order valence-electron chi connectivity index (χ0n) is 23.4. The van der Waals surface area contributed by atoms with E-state index < -0.39 is 0 Å². The van der Waals surface area contributed by atoms with Crippen molar-refractivity contribution in [3.05, 3.63) is 53.6 Å². The molecule has 0 spiro atoms. The van der Waals surface area contributed by atoms with Crippen molar-refractivity contribution in [3.8, 4) is 17.2 Å². The Morgan fingerprint density at radius 3 is 2.41 bits per heavy atom. The van der Waals surface area contributed by atoms with Gasteiger partial charge in [-0.15, -0.1) is 0 Å². The largest absolute Gasteiger partial charge is 0.494 e. The van der Waals surface area contributed by atoms with Crippen LogP contribution in [0.3, 0.4) is 0 Å². The molecule has 1 aliphatic heterocycles. The minimum Gasteiger partial charge on any atom is -0.494 e. The Morgan fingerprint density at radius 1 is 1.03 bits per heavy atom. The van der Waals surface area contributed by atoms with E-state index in [2.05, 4.69) is 5.10 Å². The predicted octanol–water partition coefficient (Wildman–Crippen LogP) is 4.34. The third-order valence-electron chi connectivity index (χ3n) is 6.96. The zero-order valence-corrected chi connectivity index (χ0v) is 23.4. The number of methoxy groups -OCH3 is 1. The molecule has 9 heteroatoms. The SMILES string of the molecule is CCN(CC)C(=O)C1CCCN(C(=O)c2ccc(OCCCCCOc3ccc(C=NN)cc3)c(OC)c2)C1. The Bertz CT molecular complexity index is 1090. The average molecular weight is 539 g/mol. The van der Waals surface area contributed by atoms with Gasteiger partial charge in [0.2, 0.25) is 5.91 Å². The van der Waals surface area contributed by atoms with Crippen LogP contribution in [0.15, 0.2) is 47.6 Å². The summed E-state index contributed by atoms with van der Waals surface area (Å²) in [6, 6.07) is 12.9. The van der Waals surface area contributed by atoms with Crippen molar-refractivity contribution < 1.29 is 23.8 Å². The van der Waals surface area contributed by atoms with Gasteiger partial charge in [0, 0.05) is 31.7 Å². The maximum absolute atomic E-state index is 13.2. The molecule has 3 rings (SSSR count). The predicted molar refractivity (Wildman–Crippen MR) is 153 cm³/mol. The second-order valence-corrected chi connectivity index (χ2v) is 9.57. The lowest BCUT2D eigenvalue weighted by Gasteiger charge is -2.34. The molecule has 0 aromatic heterocycles. The summed E-state index contributed by atoms with van der Waals surface area (Å²) in [6.07, 6.45) is 5.97. The number of rotatable bonds is 14. The van der Waals surface area contributed by atoms with Gasteiger partial charge in [0.15, 0.2) is 11.5 Å². The van der Waals surface area contributed by atoms with E-state index in [4.69, 9.17) is 20.1 Å². The lowest BCUT2D eigenvalue weighted by molar-refractivity contribution is -0.136. The molecular weight excluding hydrogens is 496 g/mol. The molecule has 2 N–H and O–H groups in total. The number of nitrogens with two attached hydrogens (primary N) is 1. The van der Waals surface area contributed by atoms with Crippen LogP contribution in [0.25, 0.3) is 0 Å². The fourth-order valence-corrected chi connectivity index (χ4v) is 4.75. The van der Waals surface area contributed by atoms with Crippen molar-refractivity contribution in [2.75, 3.05) is 46.5 Å². The maximum atomic E-state index is 13.2. The maximum Gasteiger partial charge on any atom is 0.254 e. The molecule has 0 saturated carbocycles. The van der Waals surface area contributed by atoms with Gasteiger partial charge in [-0.2, -0.15) is 5.10 Å². The van der Waals surface area contributed by atoms with E-state index in [1.165, 1.54) is 0 Å². The number of piperidine rings is 1. The first kappa shape index (κ1) is 29.8. The molecule has 39 heavy (non-hydrogen) atoms. The number of hydrazone groups is 1. The molecule has 1 atom stereocenters. The number of hydrogen-bond donors (Lipinski definition) is 1. The van der Waals surface area contributed by atoms with Gasteiger partial charge < -0.3 is 29.9 Å². The molecule has 1 unspecified atom stereocenters. The van der Waals surface area contributed by atoms with Gasteiger partial charge in [0.05, 0.1) is 32.5 Å². The van der Waals surface area contributed by atoms with Crippen molar-refractivity contribution >= 4 is 18.0 Å². The minimum absolute atomic E-state index is 0.0842. The number of nitrogens with zero attached hydrogens (tertiary/aromatic N) is 3. The van der Waals surface area contributed by atoms with Gasteiger partial charge in [-0.05, 0) is 94.0 Å². The van der Waals surface area contributed by atoms with Crippen molar-refractivity contribution in [1.82, 2.24) is 9.80 Å². The van der Waals surface area contributed by atoms with Crippen LogP contribution in [0.5, 0.6) is 17.2 Å². The van der Waals surface area contributed by atoms with Crippen LogP contribution in [0.4, 0.5) is 0 Å². The van der Waals surface area contributed by atoms with Crippen LogP contribution in [0, 0.1) is 5.92 Å². The smallest absolute Gasteiger partial charge is 0.254 e. The first-order valence-electron chi connectivity index (χ1n) is 13.9. The molecule has 0 radical (unpaired) electrons. The first-order chi connectivity index (χ1) is 19.0. The lowest BCUT2D eigenvalue weighted by Crippen LogP contribution is -2.46. The van der Waals surface area contributed by atoms with Crippen LogP contribution in [-0.2, 0) is 4.79 Å². The molecule has 1 aliphatic rings. The van der Waals surface area contributed by atoms with Crippen LogP contribution in [-0.4, -0.2) is 74.3 Å². The molecule has 2 aromatic rings. The van der Waals surface area contributed by atoms with Gasteiger partial charge in [0.25, 0.3) is 5.91 Å². The summed E-state index contributed by atoms with van der Waals surface area (Å²) in [5, 5.41) is 3.51. The Balaban J connectivity index is 1.44. The number of ether oxygens (including phenoxy) is 3. The first-order valence-corrected chi connectivity index (χ1v) is 13.9. The van der Waals surface area contributed by atoms with E-state index in [1.54, 1.807) is 36.4 Å². The monoisotopic (exact) mass is 538 g/mol. The quantitative estimate of drug-likeness (QED) is 0.166. The molecule has 2 aromatic carbocycles. The normalized spacial score (nSPS) is 15.3. The highest BCUT2D eigenvalue weighted by atomic mass is 16.5. The van der Waals surface area contributed by atoms with Crippen molar-refractivity contribution in [2.24, 2.45) is 16.9 Å². The molecular formula is C30H42N4O5. The highest BCUT2D eigenvalue weighted by molar-refractivity contribution is 5.95. The summed E-state index contributed by atoms with van der Waals surface area (Å²) in [5.74, 6) is 7.02. The van der Waals surface area contributed by atoms with Crippen LogP contribution in [0.2, 0.25) is 0 Å². The summed E-state index contributed by atoms with van der Waals surface area (Å²) in [6.45, 7) is 7.62. The molecule has 1 heterocycles. The molecule has 9 nitrogen and oxygen atoms in total. The summed E-state index contributed by atoms with van der Waals surface area (Å²) >= 11 is 0. The molecule has 1 fully saturated rings. The summed E-state index contributed by atoms with van der Waals surface area (Å²) in [5.41, 5.74) is 1.47. The van der Waals surface area contributed by atoms with Gasteiger partial charge >= 0.3 is 0 Å². The van der Waals surface area contributed by atoms with Crippen molar-refractivity contribution in [2.45, 2.75) is 46.0 Å². The third-order valence-corrected chi connectivity index (χ3v) is 6.96. The number of amides is 2. The van der Waals surface area contributed by atoms with E-state index in [0.29, 0.717) is 56.5 Å². The van der Waals surface area contributed by atoms with Gasteiger partial charge in [-0.1, -0.05) is 0 Å². The second kappa shape index (κ2) is 15.6. The number of benzene rings is 2. The Labute approximate surface area is 231 Å². The van der Waals surface area contributed by atoms with Crippen molar-refractivity contribution in [1.29, 1.82) is 0 Å². The van der Waals surface area contributed by atoms with E-state index >= 15 is 0 Å². The number of unbranched alkanes of at least 4 members (excludes halogenated alkanes) is 2. The standard InChI is InChI=1S/C30H42N4O5/c1-4-33(5-2)30(36)25-10-9-17-34(22-25)29(35)24-13-16-27(28(20-24)37-3)39-19-8-6-7-18-38-26-14-11-23(12-15-26)21-32-31/h11-16,20-21,25H,4-10,17-19,22,31H2,1-3H3. The number of likely N-dealkylation sites (tertiary alicyclic amines) is 1. The number of carbonyl (C=O) groups is 2. The van der Waals surface area contributed by atoms with Crippen LogP contribution < -0.4 is 20.1 Å². The Morgan fingerprint density at radius 2 is 1.74 bits per heavy atom. The summed E-state index contributed by atoms with van der Waals surface area (Å²) in [7, 11) is 1.57. The fourth-order valence-electron chi connectivity index (χ4n) is 4.75. The van der Waals surface area contributed by atoms with E-state index in [1.807, 2.05) is 43.0 Å². The summed E-state index contributed by atoms with van der Waals surface area (Å²) in [4.78, 5) is 29.7. The topological polar surface area (TPSA) is 107 Å². The van der Waals surface area contributed by atoms with Gasteiger partial charge in [-0.25, -0.2) is 0 Å². The van der Waals surface area contributed by atoms with Gasteiger partial charge in [0.1, 0.15) is 5.75 Å². The number of hydrogen-bond acceptors (Lipinski definition) is 7.